The highest BCUT2D eigenvalue weighted by atomic mass is 16.5. The predicted octanol–water partition coefficient (Wildman–Crippen LogP) is 1.27. The van der Waals surface area contributed by atoms with E-state index in [4.69, 9.17) is 4.74 Å². The van der Waals surface area contributed by atoms with Crippen LogP contribution in [0.3, 0.4) is 0 Å². The first-order chi connectivity index (χ1) is 8.61. The van der Waals surface area contributed by atoms with Gasteiger partial charge in [0.2, 0.25) is 0 Å². The second-order valence-electron chi connectivity index (χ2n) is 5.04. The van der Waals surface area contributed by atoms with Gasteiger partial charge in [0.15, 0.2) is 0 Å². The van der Waals surface area contributed by atoms with E-state index in [1.165, 1.54) is 0 Å². The standard InChI is InChI=1S/C14H33N3O/c1-6-17(14(3)13-16(4)5)11-10-15-9-8-12-18-7-2/h14-15H,6-13H2,1-5H3. The van der Waals surface area contributed by atoms with Gasteiger partial charge in [-0.1, -0.05) is 6.92 Å². The van der Waals surface area contributed by atoms with Gasteiger partial charge >= 0.3 is 0 Å². The van der Waals surface area contributed by atoms with E-state index >= 15 is 0 Å². The van der Waals surface area contributed by atoms with Crippen LogP contribution in [0.2, 0.25) is 0 Å². The van der Waals surface area contributed by atoms with Crippen molar-refractivity contribution in [1.82, 2.24) is 15.1 Å². The average molecular weight is 259 g/mol. The van der Waals surface area contributed by atoms with E-state index in [1.807, 2.05) is 6.92 Å². The highest BCUT2D eigenvalue weighted by molar-refractivity contribution is 4.69. The summed E-state index contributed by atoms with van der Waals surface area (Å²) in [6.45, 7) is 13.8. The zero-order chi connectivity index (χ0) is 13.8. The van der Waals surface area contributed by atoms with Gasteiger partial charge in [0, 0.05) is 38.9 Å². The third-order valence-electron chi connectivity index (χ3n) is 3.08. The molecule has 0 bridgehead atoms. The third kappa shape index (κ3) is 9.83. The van der Waals surface area contributed by atoms with Crippen molar-refractivity contribution in [3.8, 4) is 0 Å². The van der Waals surface area contributed by atoms with E-state index in [-0.39, 0.29) is 0 Å². The van der Waals surface area contributed by atoms with Crippen molar-refractivity contribution in [1.29, 1.82) is 0 Å². The van der Waals surface area contributed by atoms with E-state index in [0.29, 0.717) is 6.04 Å². The van der Waals surface area contributed by atoms with Gasteiger partial charge in [0.25, 0.3) is 0 Å². The molecule has 0 fully saturated rings. The second-order valence-corrected chi connectivity index (χ2v) is 5.04. The molecule has 1 unspecified atom stereocenters. The zero-order valence-corrected chi connectivity index (χ0v) is 13.0. The zero-order valence-electron chi connectivity index (χ0n) is 13.0. The molecule has 18 heavy (non-hydrogen) atoms. The lowest BCUT2D eigenvalue weighted by Crippen LogP contribution is -2.43. The van der Waals surface area contributed by atoms with Gasteiger partial charge in [0.05, 0.1) is 0 Å². The van der Waals surface area contributed by atoms with E-state index in [2.05, 4.69) is 43.1 Å². The summed E-state index contributed by atoms with van der Waals surface area (Å²) in [4.78, 5) is 4.78. The summed E-state index contributed by atoms with van der Waals surface area (Å²) in [5.74, 6) is 0. The molecular weight excluding hydrogens is 226 g/mol. The van der Waals surface area contributed by atoms with Crippen LogP contribution in [0.25, 0.3) is 0 Å². The molecule has 0 spiro atoms. The summed E-state index contributed by atoms with van der Waals surface area (Å²) in [7, 11) is 4.27. The molecule has 0 aliphatic heterocycles. The first-order valence-electron chi connectivity index (χ1n) is 7.29. The molecule has 4 heteroatoms. The maximum atomic E-state index is 5.31. The monoisotopic (exact) mass is 259 g/mol. The van der Waals surface area contributed by atoms with Crippen molar-refractivity contribution in [3.63, 3.8) is 0 Å². The molecule has 1 atom stereocenters. The van der Waals surface area contributed by atoms with Gasteiger partial charge in [-0.3, -0.25) is 4.90 Å². The number of nitrogens with one attached hydrogen (secondary N) is 1. The smallest absolute Gasteiger partial charge is 0.0477 e. The van der Waals surface area contributed by atoms with Gasteiger partial charge in [-0.05, 0) is 47.5 Å². The van der Waals surface area contributed by atoms with Gasteiger partial charge in [-0.25, -0.2) is 0 Å². The highest BCUT2D eigenvalue weighted by Gasteiger charge is 2.11. The second kappa shape index (κ2) is 11.9. The number of rotatable bonds is 12. The number of likely N-dealkylation sites (N-methyl/N-ethyl adjacent to an activating group) is 2. The summed E-state index contributed by atoms with van der Waals surface area (Å²) in [6.07, 6.45) is 1.10. The van der Waals surface area contributed by atoms with Crippen molar-refractivity contribution in [2.75, 3.05) is 60.0 Å². The molecule has 0 radical (unpaired) electrons. The van der Waals surface area contributed by atoms with Gasteiger partial charge in [0.1, 0.15) is 0 Å². The molecular formula is C14H33N3O. The van der Waals surface area contributed by atoms with Crippen molar-refractivity contribution in [2.45, 2.75) is 33.2 Å². The summed E-state index contributed by atoms with van der Waals surface area (Å²) in [5, 5.41) is 3.48. The Bertz CT molecular complexity index is 176. The maximum Gasteiger partial charge on any atom is 0.0477 e. The quantitative estimate of drug-likeness (QED) is 0.534. The minimum atomic E-state index is 0.621. The molecule has 0 heterocycles. The fraction of sp³-hybridized carbons (Fsp3) is 1.00. The maximum absolute atomic E-state index is 5.31. The van der Waals surface area contributed by atoms with Crippen molar-refractivity contribution >= 4 is 0 Å². The Kier molecular flexibility index (Phi) is 11.8. The van der Waals surface area contributed by atoms with Gasteiger partial charge in [-0.2, -0.15) is 0 Å². The Morgan fingerprint density at radius 2 is 1.89 bits per heavy atom. The van der Waals surface area contributed by atoms with E-state index < -0.39 is 0 Å². The predicted molar refractivity (Wildman–Crippen MR) is 79.2 cm³/mol. The van der Waals surface area contributed by atoms with Gasteiger partial charge < -0.3 is 15.0 Å². The minimum absolute atomic E-state index is 0.621. The molecule has 0 saturated carbocycles. The molecule has 4 nitrogen and oxygen atoms in total. The molecule has 0 aromatic rings. The lowest BCUT2D eigenvalue weighted by atomic mass is 10.2. The van der Waals surface area contributed by atoms with Crippen LogP contribution in [-0.4, -0.2) is 75.9 Å². The lowest BCUT2D eigenvalue weighted by Gasteiger charge is -2.30. The lowest BCUT2D eigenvalue weighted by molar-refractivity contribution is 0.143. The summed E-state index contributed by atoms with van der Waals surface area (Å²) >= 11 is 0. The Morgan fingerprint density at radius 3 is 2.44 bits per heavy atom. The van der Waals surface area contributed by atoms with Crippen molar-refractivity contribution in [3.05, 3.63) is 0 Å². The number of ether oxygens (including phenoxy) is 1. The summed E-state index contributed by atoms with van der Waals surface area (Å²) in [5.41, 5.74) is 0. The van der Waals surface area contributed by atoms with Crippen molar-refractivity contribution < 1.29 is 4.74 Å². The third-order valence-corrected chi connectivity index (χ3v) is 3.08. The van der Waals surface area contributed by atoms with Crippen LogP contribution in [0.4, 0.5) is 0 Å². The van der Waals surface area contributed by atoms with E-state index in [9.17, 15) is 0 Å². The van der Waals surface area contributed by atoms with E-state index in [0.717, 1.165) is 52.4 Å². The first kappa shape index (κ1) is 17.8. The molecule has 0 aromatic carbocycles. The average Bonchev–Trinajstić information content (AvgIpc) is 2.31. The van der Waals surface area contributed by atoms with Crippen LogP contribution in [0.5, 0.6) is 0 Å². The molecule has 110 valence electrons. The summed E-state index contributed by atoms with van der Waals surface area (Å²) in [6, 6.07) is 0.621. The molecule has 0 rings (SSSR count). The van der Waals surface area contributed by atoms with Crippen molar-refractivity contribution in [2.24, 2.45) is 0 Å². The summed E-state index contributed by atoms with van der Waals surface area (Å²) < 4.78 is 5.31. The van der Waals surface area contributed by atoms with Crippen LogP contribution >= 0.6 is 0 Å². The van der Waals surface area contributed by atoms with Crippen LogP contribution in [0.1, 0.15) is 27.2 Å². The first-order valence-corrected chi connectivity index (χ1v) is 7.29. The minimum Gasteiger partial charge on any atom is -0.382 e. The van der Waals surface area contributed by atoms with Crippen LogP contribution in [-0.2, 0) is 4.74 Å². The number of nitrogens with zero attached hydrogens (tertiary/aromatic N) is 2. The Labute approximate surface area is 114 Å². The largest absolute Gasteiger partial charge is 0.382 e. The molecule has 1 N–H and O–H groups in total. The normalized spacial score (nSPS) is 13.5. The number of hydrogen-bond donors (Lipinski definition) is 1. The highest BCUT2D eigenvalue weighted by Crippen LogP contribution is 1.99. The van der Waals surface area contributed by atoms with Crippen LogP contribution in [0, 0.1) is 0 Å². The molecule has 0 aromatic heterocycles. The van der Waals surface area contributed by atoms with Crippen LogP contribution in [0.15, 0.2) is 0 Å². The molecule has 0 amide bonds. The Balaban J connectivity index is 3.55. The topological polar surface area (TPSA) is 27.7 Å². The van der Waals surface area contributed by atoms with Crippen LogP contribution < -0.4 is 5.32 Å². The molecule has 0 aliphatic carbocycles. The SMILES string of the molecule is CCOCCCNCCN(CC)C(C)CN(C)C. The molecule has 0 aliphatic rings. The fourth-order valence-corrected chi connectivity index (χ4v) is 2.13. The Hall–Kier alpha value is -0.160. The molecule has 0 saturated heterocycles. The van der Waals surface area contributed by atoms with Gasteiger partial charge in [-0.15, -0.1) is 0 Å². The number of hydrogen-bond acceptors (Lipinski definition) is 4. The fourth-order valence-electron chi connectivity index (χ4n) is 2.13. The Morgan fingerprint density at radius 1 is 1.17 bits per heavy atom. The van der Waals surface area contributed by atoms with E-state index in [1.54, 1.807) is 0 Å².